The summed E-state index contributed by atoms with van der Waals surface area (Å²) in [6.07, 6.45) is 2.12. The van der Waals surface area contributed by atoms with E-state index in [1.54, 1.807) is 0 Å². The maximum Gasteiger partial charge on any atom is 0.163 e. The third kappa shape index (κ3) is 2.69. The van der Waals surface area contributed by atoms with Crippen LogP contribution in [-0.4, -0.2) is 24.0 Å². The summed E-state index contributed by atoms with van der Waals surface area (Å²) in [5.41, 5.74) is 1.53. The molecule has 3 rings (SSSR count). The second-order valence-electron chi connectivity index (χ2n) is 5.83. The molecule has 0 aromatic heterocycles. The van der Waals surface area contributed by atoms with Crippen LogP contribution < -0.4 is 5.32 Å². The zero-order valence-electron chi connectivity index (χ0n) is 11.5. The maximum atomic E-state index is 9.16. The fourth-order valence-corrected chi connectivity index (χ4v) is 3.40. The Morgan fingerprint density at radius 3 is 2.55 bits per heavy atom. The molecule has 2 fully saturated rings. The Labute approximate surface area is 127 Å². The summed E-state index contributed by atoms with van der Waals surface area (Å²) in [6, 6.07) is 8.13. The molecule has 1 aliphatic heterocycles. The lowest BCUT2D eigenvalue weighted by atomic mass is 10.1. The average Bonchev–Trinajstić information content (AvgIpc) is 2.82. The van der Waals surface area contributed by atoms with Crippen molar-refractivity contribution < 1.29 is 9.47 Å². The van der Waals surface area contributed by atoms with Crippen LogP contribution in [0.1, 0.15) is 32.3 Å². The quantitative estimate of drug-likeness (QED) is 0.899. The first-order chi connectivity index (χ1) is 9.47. The molecule has 1 N–H and O–H groups in total. The van der Waals surface area contributed by atoms with Gasteiger partial charge in [0.25, 0.3) is 0 Å². The molecular weight excluding hydrogens is 320 g/mol. The van der Waals surface area contributed by atoms with Crippen molar-refractivity contribution in [2.45, 2.75) is 50.7 Å². The summed E-state index contributed by atoms with van der Waals surface area (Å²) in [5, 5.41) is 12.6. The summed E-state index contributed by atoms with van der Waals surface area (Å²) in [6.45, 7) is 3.91. The van der Waals surface area contributed by atoms with Gasteiger partial charge < -0.3 is 14.8 Å². The fourth-order valence-electron chi connectivity index (χ4n) is 3.04. The molecule has 1 aromatic carbocycles. The minimum Gasteiger partial charge on any atom is -0.381 e. The standard InChI is InChI=1S/C15H17BrN2O2/c1-15(2)19-13-6-11(7-14(13)20-15)18-12-5-10(16)4-3-9(12)8-17/h3-5,11,13-14,18H,6-7H2,1-2H3/t11?,13-,14+. The Morgan fingerprint density at radius 2 is 1.95 bits per heavy atom. The molecule has 106 valence electrons. The Balaban J connectivity index is 1.70. The van der Waals surface area contributed by atoms with Gasteiger partial charge in [-0.25, -0.2) is 0 Å². The number of benzene rings is 1. The number of rotatable bonds is 2. The molecule has 1 saturated heterocycles. The van der Waals surface area contributed by atoms with Gasteiger partial charge in [0.1, 0.15) is 6.07 Å². The zero-order chi connectivity index (χ0) is 14.3. The molecule has 2 aliphatic rings. The minimum atomic E-state index is -0.464. The summed E-state index contributed by atoms with van der Waals surface area (Å²) in [5.74, 6) is -0.464. The van der Waals surface area contributed by atoms with Crippen LogP contribution in [-0.2, 0) is 9.47 Å². The van der Waals surface area contributed by atoms with Crippen LogP contribution in [0, 0.1) is 11.3 Å². The van der Waals surface area contributed by atoms with E-state index >= 15 is 0 Å². The molecule has 0 amide bonds. The molecule has 1 unspecified atom stereocenters. The van der Waals surface area contributed by atoms with Crippen LogP contribution in [0.15, 0.2) is 22.7 Å². The number of fused-ring (bicyclic) bond motifs is 1. The second kappa shape index (κ2) is 5.03. The smallest absolute Gasteiger partial charge is 0.163 e. The SMILES string of the molecule is CC1(C)O[C@H]2CC(Nc3cc(Br)ccc3C#N)C[C@H]2O1. The van der Waals surface area contributed by atoms with E-state index in [1.165, 1.54) is 0 Å². The van der Waals surface area contributed by atoms with Crippen LogP contribution in [0.3, 0.4) is 0 Å². The fraction of sp³-hybridized carbons (Fsp3) is 0.533. The molecule has 20 heavy (non-hydrogen) atoms. The molecule has 1 aromatic rings. The van der Waals surface area contributed by atoms with Gasteiger partial charge in [-0.15, -0.1) is 0 Å². The molecule has 5 heteroatoms. The highest BCUT2D eigenvalue weighted by Gasteiger charge is 2.47. The lowest BCUT2D eigenvalue weighted by Gasteiger charge is -2.22. The van der Waals surface area contributed by atoms with Gasteiger partial charge in [-0.3, -0.25) is 0 Å². The Morgan fingerprint density at radius 1 is 1.30 bits per heavy atom. The van der Waals surface area contributed by atoms with E-state index in [4.69, 9.17) is 14.7 Å². The molecule has 1 aliphatic carbocycles. The summed E-state index contributed by atoms with van der Waals surface area (Å²) in [7, 11) is 0. The maximum absolute atomic E-state index is 9.16. The van der Waals surface area contributed by atoms with Crippen LogP contribution in [0.2, 0.25) is 0 Å². The topological polar surface area (TPSA) is 54.3 Å². The van der Waals surface area contributed by atoms with Crippen molar-refractivity contribution in [2.75, 3.05) is 5.32 Å². The van der Waals surface area contributed by atoms with Crippen molar-refractivity contribution in [3.8, 4) is 6.07 Å². The predicted molar refractivity (Wildman–Crippen MR) is 79.3 cm³/mol. The van der Waals surface area contributed by atoms with E-state index in [0.29, 0.717) is 5.56 Å². The van der Waals surface area contributed by atoms with Gasteiger partial charge in [-0.05, 0) is 44.9 Å². The first kappa shape index (κ1) is 13.9. The van der Waals surface area contributed by atoms with E-state index in [-0.39, 0.29) is 18.2 Å². The molecule has 1 heterocycles. The zero-order valence-corrected chi connectivity index (χ0v) is 13.1. The number of hydrogen-bond acceptors (Lipinski definition) is 4. The van der Waals surface area contributed by atoms with Gasteiger partial charge in [-0.1, -0.05) is 15.9 Å². The van der Waals surface area contributed by atoms with E-state index in [1.807, 2.05) is 32.0 Å². The first-order valence-electron chi connectivity index (χ1n) is 6.79. The highest BCUT2D eigenvalue weighted by Crippen LogP contribution is 2.39. The van der Waals surface area contributed by atoms with Crippen molar-refractivity contribution in [3.63, 3.8) is 0 Å². The van der Waals surface area contributed by atoms with Gasteiger partial charge >= 0.3 is 0 Å². The molecule has 4 nitrogen and oxygen atoms in total. The number of nitrogens with one attached hydrogen (secondary N) is 1. The van der Waals surface area contributed by atoms with Gasteiger partial charge in [0.2, 0.25) is 0 Å². The largest absolute Gasteiger partial charge is 0.381 e. The van der Waals surface area contributed by atoms with Gasteiger partial charge in [-0.2, -0.15) is 5.26 Å². The normalized spacial score (nSPS) is 30.8. The van der Waals surface area contributed by atoms with Crippen LogP contribution in [0.5, 0.6) is 0 Å². The van der Waals surface area contributed by atoms with Gasteiger partial charge in [0.15, 0.2) is 5.79 Å². The molecular formula is C15H17BrN2O2. The molecule has 0 radical (unpaired) electrons. The van der Waals surface area contributed by atoms with E-state index in [2.05, 4.69) is 27.3 Å². The highest BCUT2D eigenvalue weighted by atomic mass is 79.9. The number of hydrogen-bond donors (Lipinski definition) is 1. The van der Waals surface area contributed by atoms with E-state index in [9.17, 15) is 0 Å². The highest BCUT2D eigenvalue weighted by molar-refractivity contribution is 9.10. The molecule has 0 bridgehead atoms. The van der Waals surface area contributed by atoms with Crippen molar-refractivity contribution in [3.05, 3.63) is 28.2 Å². The number of nitrogens with zero attached hydrogens (tertiary/aromatic N) is 1. The van der Waals surface area contributed by atoms with Gasteiger partial charge in [0.05, 0.1) is 23.5 Å². The first-order valence-corrected chi connectivity index (χ1v) is 7.58. The van der Waals surface area contributed by atoms with E-state index in [0.717, 1.165) is 23.0 Å². The lowest BCUT2D eigenvalue weighted by Crippen LogP contribution is -2.26. The average molecular weight is 337 g/mol. The summed E-state index contributed by atoms with van der Waals surface area (Å²) in [4.78, 5) is 0. The van der Waals surface area contributed by atoms with E-state index < -0.39 is 5.79 Å². The third-order valence-corrected chi connectivity index (χ3v) is 4.27. The summed E-state index contributed by atoms with van der Waals surface area (Å²) < 4.78 is 12.7. The predicted octanol–water partition coefficient (Wildman–Crippen LogP) is 3.42. The number of anilines is 1. The molecule has 0 spiro atoms. The van der Waals surface area contributed by atoms with Crippen molar-refractivity contribution >= 4 is 21.6 Å². The summed E-state index contributed by atoms with van der Waals surface area (Å²) >= 11 is 3.44. The molecule has 1 saturated carbocycles. The molecule has 3 atom stereocenters. The van der Waals surface area contributed by atoms with Crippen molar-refractivity contribution in [2.24, 2.45) is 0 Å². The van der Waals surface area contributed by atoms with Crippen molar-refractivity contribution in [1.29, 1.82) is 5.26 Å². The Hall–Kier alpha value is -1.09. The Kier molecular flexibility index (Phi) is 3.49. The monoisotopic (exact) mass is 336 g/mol. The number of nitriles is 1. The van der Waals surface area contributed by atoms with Crippen molar-refractivity contribution in [1.82, 2.24) is 0 Å². The number of ether oxygens (including phenoxy) is 2. The van der Waals surface area contributed by atoms with Crippen LogP contribution in [0.25, 0.3) is 0 Å². The van der Waals surface area contributed by atoms with Crippen LogP contribution >= 0.6 is 15.9 Å². The third-order valence-electron chi connectivity index (χ3n) is 3.78. The lowest BCUT2D eigenvalue weighted by molar-refractivity contribution is -0.151. The number of halogens is 1. The van der Waals surface area contributed by atoms with Gasteiger partial charge in [0, 0.05) is 10.5 Å². The second-order valence-corrected chi connectivity index (χ2v) is 6.74. The Bertz CT molecular complexity index is 551. The minimum absolute atomic E-state index is 0.153. The van der Waals surface area contributed by atoms with Crippen LogP contribution in [0.4, 0.5) is 5.69 Å².